The molecule has 5 nitrogen and oxygen atoms in total. The Morgan fingerprint density at radius 3 is 1.79 bits per heavy atom. The lowest BCUT2D eigenvalue weighted by Crippen LogP contribution is -2.32. The predicted octanol–water partition coefficient (Wildman–Crippen LogP) is 4.83. The fourth-order valence-electron chi connectivity index (χ4n) is 3.75. The number of nitrogens with zero attached hydrogens (tertiary/aromatic N) is 2. The van der Waals surface area contributed by atoms with Crippen LogP contribution in [0.1, 0.15) is 40.9 Å². The van der Waals surface area contributed by atoms with Crippen LogP contribution in [0.15, 0.2) is 78.9 Å². The molecule has 1 amide bonds. The van der Waals surface area contributed by atoms with Gasteiger partial charge in [0.1, 0.15) is 0 Å². The van der Waals surface area contributed by atoms with E-state index in [2.05, 4.69) is 46.4 Å². The van der Waals surface area contributed by atoms with Gasteiger partial charge in [-0.05, 0) is 55.5 Å². The highest BCUT2D eigenvalue weighted by Gasteiger charge is 2.11. The Balaban J connectivity index is 1.55. The third kappa shape index (κ3) is 7.38. The number of anilines is 1. The minimum atomic E-state index is -0.0504. The topological polar surface area (TPSA) is 52.7 Å². The largest absolute Gasteiger partial charge is 0.325 e. The van der Waals surface area contributed by atoms with Crippen molar-refractivity contribution in [1.82, 2.24) is 9.80 Å². The van der Waals surface area contributed by atoms with Gasteiger partial charge in [-0.1, -0.05) is 68.4 Å². The number of likely N-dealkylation sites (N-methyl/N-ethyl adjacent to an activating group) is 1. The van der Waals surface area contributed by atoms with Gasteiger partial charge < -0.3 is 5.32 Å². The lowest BCUT2D eigenvalue weighted by atomic mass is 10.0. The second-order valence-corrected chi connectivity index (χ2v) is 8.27. The van der Waals surface area contributed by atoms with Crippen molar-refractivity contribution in [2.75, 3.05) is 32.0 Å². The summed E-state index contributed by atoms with van der Waals surface area (Å²) in [6, 6.07) is 25.2. The van der Waals surface area contributed by atoms with E-state index in [1.54, 1.807) is 24.3 Å². The van der Waals surface area contributed by atoms with Crippen LogP contribution >= 0.6 is 0 Å². The van der Waals surface area contributed by atoms with Crippen molar-refractivity contribution in [2.45, 2.75) is 26.9 Å². The molecule has 0 aliphatic rings. The summed E-state index contributed by atoms with van der Waals surface area (Å²) >= 11 is 0. The smallest absolute Gasteiger partial charge is 0.238 e. The molecule has 0 saturated heterocycles. The molecule has 0 aliphatic heterocycles. The van der Waals surface area contributed by atoms with Gasteiger partial charge in [0.2, 0.25) is 5.91 Å². The third-order valence-electron chi connectivity index (χ3n) is 5.66. The molecule has 0 heterocycles. The van der Waals surface area contributed by atoms with Gasteiger partial charge >= 0.3 is 0 Å². The second kappa shape index (κ2) is 12.1. The Morgan fingerprint density at radius 2 is 1.24 bits per heavy atom. The Hall–Kier alpha value is -3.28. The van der Waals surface area contributed by atoms with Gasteiger partial charge in [0.05, 0.1) is 6.54 Å². The average molecular weight is 444 g/mol. The number of carbonyl (C=O) groups is 2. The number of ketones is 1. The maximum atomic E-state index is 12.9. The molecule has 0 fully saturated rings. The third-order valence-corrected chi connectivity index (χ3v) is 5.66. The highest BCUT2D eigenvalue weighted by Crippen LogP contribution is 2.16. The number of carbonyl (C=O) groups excluding carboxylic acids is 2. The number of amides is 1. The van der Waals surface area contributed by atoms with Crippen LogP contribution in [0, 0.1) is 0 Å². The monoisotopic (exact) mass is 443 g/mol. The van der Waals surface area contributed by atoms with Gasteiger partial charge in [-0.25, -0.2) is 0 Å². The van der Waals surface area contributed by atoms with E-state index in [-0.39, 0.29) is 11.7 Å². The molecular weight excluding hydrogens is 410 g/mol. The molecule has 0 unspecified atom stereocenters. The quantitative estimate of drug-likeness (QED) is 0.431. The molecule has 3 rings (SSSR count). The molecule has 0 spiro atoms. The van der Waals surface area contributed by atoms with E-state index in [0.717, 1.165) is 31.7 Å². The summed E-state index contributed by atoms with van der Waals surface area (Å²) < 4.78 is 0. The summed E-state index contributed by atoms with van der Waals surface area (Å²) in [5.41, 5.74) is 4.39. The van der Waals surface area contributed by atoms with Gasteiger partial charge in [0.25, 0.3) is 0 Å². The van der Waals surface area contributed by atoms with Crippen molar-refractivity contribution in [3.63, 3.8) is 0 Å². The molecule has 0 radical (unpaired) electrons. The summed E-state index contributed by atoms with van der Waals surface area (Å²) in [5, 5.41) is 2.89. The summed E-state index contributed by atoms with van der Waals surface area (Å²) in [5.74, 6) is -0.0780. The van der Waals surface area contributed by atoms with Crippen LogP contribution in [0.3, 0.4) is 0 Å². The molecule has 0 saturated carbocycles. The Labute approximate surface area is 197 Å². The van der Waals surface area contributed by atoms with Crippen LogP contribution in [0.5, 0.6) is 0 Å². The average Bonchev–Trinajstić information content (AvgIpc) is 2.83. The molecule has 3 aromatic rings. The molecule has 1 N–H and O–H groups in total. The molecule has 3 aromatic carbocycles. The number of rotatable bonds is 11. The minimum absolute atomic E-state index is 0.0276. The fourth-order valence-corrected chi connectivity index (χ4v) is 3.75. The van der Waals surface area contributed by atoms with Crippen LogP contribution in [-0.4, -0.2) is 48.2 Å². The van der Waals surface area contributed by atoms with Gasteiger partial charge in [-0.2, -0.15) is 0 Å². The number of hydrogen-bond acceptors (Lipinski definition) is 4. The second-order valence-electron chi connectivity index (χ2n) is 8.27. The zero-order chi connectivity index (χ0) is 23.6. The van der Waals surface area contributed by atoms with Gasteiger partial charge in [0, 0.05) is 29.9 Å². The minimum Gasteiger partial charge on any atom is -0.325 e. The summed E-state index contributed by atoms with van der Waals surface area (Å²) in [7, 11) is 2.09. The first-order chi connectivity index (χ1) is 16.0. The van der Waals surface area contributed by atoms with Crippen LogP contribution in [0.25, 0.3) is 0 Å². The first-order valence-electron chi connectivity index (χ1n) is 11.5. The van der Waals surface area contributed by atoms with Crippen LogP contribution in [0.4, 0.5) is 5.69 Å². The Morgan fingerprint density at radius 1 is 0.727 bits per heavy atom. The van der Waals surface area contributed by atoms with Gasteiger partial charge in [-0.3, -0.25) is 19.4 Å². The highest BCUT2D eigenvalue weighted by molar-refractivity contribution is 6.09. The molecular formula is C28H33N3O2. The SMILES string of the molecule is CCN(CC)CC(=O)Nc1ccc(C(=O)c2ccc(CN(C)Cc3ccccc3)cc2)cc1. The van der Waals surface area contributed by atoms with E-state index in [1.165, 1.54) is 5.56 Å². The Kier molecular flexibility index (Phi) is 8.93. The molecule has 0 aromatic heterocycles. The Bertz CT molecular complexity index is 1030. The maximum absolute atomic E-state index is 12.9. The lowest BCUT2D eigenvalue weighted by Gasteiger charge is -2.17. The number of hydrogen-bond donors (Lipinski definition) is 1. The van der Waals surface area contributed by atoms with E-state index in [9.17, 15) is 9.59 Å². The maximum Gasteiger partial charge on any atom is 0.238 e. The lowest BCUT2D eigenvalue weighted by molar-refractivity contribution is -0.117. The van der Waals surface area contributed by atoms with E-state index >= 15 is 0 Å². The number of benzene rings is 3. The standard InChI is InChI=1S/C28H33N3O2/c1-4-31(5-2)21-27(32)29-26-17-15-25(16-18-26)28(33)24-13-11-23(12-14-24)20-30(3)19-22-9-7-6-8-10-22/h6-18H,4-5,19-21H2,1-3H3,(H,29,32). The van der Waals surface area contributed by atoms with E-state index in [1.807, 2.05) is 44.2 Å². The molecule has 172 valence electrons. The van der Waals surface area contributed by atoms with Crippen molar-refractivity contribution in [3.8, 4) is 0 Å². The summed E-state index contributed by atoms with van der Waals surface area (Å²) in [4.78, 5) is 29.3. The molecule has 0 bridgehead atoms. The molecule has 0 aliphatic carbocycles. The van der Waals surface area contributed by atoms with Gasteiger partial charge in [0.15, 0.2) is 5.78 Å². The molecule has 33 heavy (non-hydrogen) atoms. The normalized spacial score (nSPS) is 11.1. The summed E-state index contributed by atoms with van der Waals surface area (Å²) in [6.45, 7) is 7.78. The predicted molar refractivity (Wildman–Crippen MR) is 134 cm³/mol. The van der Waals surface area contributed by atoms with Gasteiger partial charge in [-0.15, -0.1) is 0 Å². The zero-order valence-electron chi connectivity index (χ0n) is 19.8. The first kappa shape index (κ1) is 24.4. The first-order valence-corrected chi connectivity index (χ1v) is 11.5. The van der Waals surface area contributed by atoms with E-state index in [4.69, 9.17) is 0 Å². The molecule has 0 atom stereocenters. The van der Waals surface area contributed by atoms with E-state index in [0.29, 0.717) is 23.4 Å². The van der Waals surface area contributed by atoms with Crippen molar-refractivity contribution >= 4 is 17.4 Å². The van der Waals surface area contributed by atoms with Crippen molar-refractivity contribution in [3.05, 3.63) is 101 Å². The highest BCUT2D eigenvalue weighted by atomic mass is 16.2. The van der Waals surface area contributed by atoms with Crippen LogP contribution in [0.2, 0.25) is 0 Å². The van der Waals surface area contributed by atoms with Crippen molar-refractivity contribution in [1.29, 1.82) is 0 Å². The number of nitrogens with one attached hydrogen (secondary N) is 1. The van der Waals surface area contributed by atoms with E-state index < -0.39 is 0 Å². The molecule has 5 heteroatoms. The fraction of sp³-hybridized carbons (Fsp3) is 0.286. The van der Waals surface area contributed by atoms with Crippen molar-refractivity contribution < 1.29 is 9.59 Å². The summed E-state index contributed by atoms with van der Waals surface area (Å²) in [6.07, 6.45) is 0. The van der Waals surface area contributed by atoms with Crippen molar-refractivity contribution in [2.24, 2.45) is 0 Å². The van der Waals surface area contributed by atoms with Crippen LogP contribution < -0.4 is 5.32 Å². The zero-order valence-corrected chi connectivity index (χ0v) is 19.8. The van der Waals surface area contributed by atoms with Crippen LogP contribution in [-0.2, 0) is 17.9 Å².